The Morgan fingerprint density at radius 3 is 1.78 bits per heavy atom. The molecule has 3 aliphatic carbocycles. The molecule has 4 aliphatic rings. The van der Waals surface area contributed by atoms with Gasteiger partial charge in [-0.05, 0) is 93.1 Å². The highest BCUT2D eigenvalue weighted by Crippen LogP contribution is 2.65. The fraction of sp³-hybridized carbons (Fsp3) is 0.209. The average Bonchev–Trinajstić information content (AvgIpc) is 3.27. The normalized spacial score (nSPS) is 22.7. The zero-order valence-electron chi connectivity index (χ0n) is 26.7. The molecule has 0 saturated carbocycles. The van der Waals surface area contributed by atoms with Crippen LogP contribution < -0.4 is 16.4 Å². The molecule has 1 heterocycles. The maximum Gasteiger partial charge on any atom is 0.0556 e. The molecule has 226 valence electrons. The van der Waals surface area contributed by atoms with Crippen LogP contribution in [0.15, 0.2) is 139 Å². The van der Waals surface area contributed by atoms with Crippen molar-refractivity contribution in [2.24, 2.45) is 22.8 Å². The number of nitrogens with two attached hydrogens (primary N) is 2. The fourth-order valence-electron chi connectivity index (χ4n) is 9.81. The maximum atomic E-state index is 7.17. The van der Waals surface area contributed by atoms with Crippen molar-refractivity contribution in [1.82, 2.24) is 0 Å². The fourth-order valence-corrected chi connectivity index (χ4v) is 9.81. The molecule has 1 aliphatic heterocycles. The van der Waals surface area contributed by atoms with Crippen LogP contribution in [0.4, 0.5) is 17.1 Å². The smallest absolute Gasteiger partial charge is 0.0556 e. The third kappa shape index (κ3) is 3.38. The summed E-state index contributed by atoms with van der Waals surface area (Å²) in [6, 6.07) is 43.0. The van der Waals surface area contributed by atoms with Crippen LogP contribution in [-0.4, -0.2) is 0 Å². The number of aryl methyl sites for hydroxylation is 1. The highest BCUT2D eigenvalue weighted by Gasteiger charge is 2.58. The lowest BCUT2D eigenvalue weighted by molar-refractivity contribution is 0.214. The number of anilines is 3. The second-order valence-corrected chi connectivity index (χ2v) is 14.5. The lowest BCUT2D eigenvalue weighted by Crippen LogP contribution is -2.48. The third-order valence-corrected chi connectivity index (χ3v) is 11.6. The van der Waals surface area contributed by atoms with E-state index in [1.807, 2.05) is 6.08 Å². The van der Waals surface area contributed by atoms with Gasteiger partial charge in [-0.15, -0.1) is 0 Å². The predicted octanol–water partition coefficient (Wildman–Crippen LogP) is 9.38. The highest BCUT2D eigenvalue weighted by atomic mass is 15.2. The Bertz CT molecular complexity index is 2050. The van der Waals surface area contributed by atoms with Crippen LogP contribution >= 0.6 is 0 Å². The van der Waals surface area contributed by atoms with Gasteiger partial charge in [0, 0.05) is 28.4 Å². The molecule has 0 bridgehead atoms. The summed E-state index contributed by atoms with van der Waals surface area (Å²) in [5.74, 6) is 0.0152. The van der Waals surface area contributed by atoms with Crippen molar-refractivity contribution in [3.05, 3.63) is 172 Å². The minimum Gasteiger partial charge on any atom is -0.402 e. The first-order chi connectivity index (χ1) is 22.2. The minimum absolute atomic E-state index is 0.0152. The summed E-state index contributed by atoms with van der Waals surface area (Å²) >= 11 is 0. The number of hydrogen-bond acceptors (Lipinski definition) is 3. The van der Waals surface area contributed by atoms with E-state index >= 15 is 0 Å². The van der Waals surface area contributed by atoms with Crippen molar-refractivity contribution in [2.75, 3.05) is 4.90 Å². The molecule has 0 aromatic heterocycles. The number of benzene rings is 5. The monoisotopic (exact) mass is 597 g/mol. The Hall–Kier alpha value is -5.02. The number of fused-ring (bicyclic) bond motifs is 11. The number of allylic oxidation sites excluding steroid dienone is 3. The zero-order chi connectivity index (χ0) is 31.4. The Labute approximate surface area is 271 Å². The number of para-hydroxylation sites is 2. The van der Waals surface area contributed by atoms with Gasteiger partial charge < -0.3 is 16.4 Å². The summed E-state index contributed by atoms with van der Waals surface area (Å²) in [7, 11) is 0. The largest absolute Gasteiger partial charge is 0.402 e. The van der Waals surface area contributed by atoms with Crippen LogP contribution in [0.25, 0.3) is 11.1 Å². The third-order valence-electron chi connectivity index (χ3n) is 11.6. The van der Waals surface area contributed by atoms with Crippen LogP contribution in [-0.2, 0) is 17.3 Å². The van der Waals surface area contributed by atoms with Gasteiger partial charge in [-0.3, -0.25) is 0 Å². The Balaban J connectivity index is 1.34. The van der Waals surface area contributed by atoms with E-state index in [4.69, 9.17) is 11.5 Å². The molecule has 0 amide bonds. The van der Waals surface area contributed by atoms with Gasteiger partial charge in [0.2, 0.25) is 0 Å². The first kappa shape index (κ1) is 27.3. The van der Waals surface area contributed by atoms with Gasteiger partial charge in [0.25, 0.3) is 0 Å². The molecule has 2 atom stereocenters. The number of rotatable bonds is 1. The molecule has 0 saturated heterocycles. The summed E-state index contributed by atoms with van der Waals surface area (Å²) in [6.45, 7) is 7.07. The summed E-state index contributed by atoms with van der Waals surface area (Å²) in [6.07, 6.45) is 6.20. The van der Waals surface area contributed by atoms with Gasteiger partial charge >= 0.3 is 0 Å². The van der Waals surface area contributed by atoms with Gasteiger partial charge in [0.05, 0.1) is 16.8 Å². The maximum absolute atomic E-state index is 7.17. The molecule has 46 heavy (non-hydrogen) atoms. The van der Waals surface area contributed by atoms with Crippen molar-refractivity contribution < 1.29 is 0 Å². The quantitative estimate of drug-likeness (QED) is 0.202. The Morgan fingerprint density at radius 2 is 1.17 bits per heavy atom. The first-order valence-corrected chi connectivity index (χ1v) is 16.5. The van der Waals surface area contributed by atoms with E-state index in [0.29, 0.717) is 0 Å². The summed E-state index contributed by atoms with van der Waals surface area (Å²) in [5.41, 5.74) is 29.0. The molecule has 9 rings (SSSR count). The molecular weight excluding hydrogens is 558 g/mol. The Kier molecular flexibility index (Phi) is 5.50. The second-order valence-electron chi connectivity index (χ2n) is 14.5. The molecule has 5 aromatic rings. The first-order valence-electron chi connectivity index (χ1n) is 16.5. The van der Waals surface area contributed by atoms with Crippen LogP contribution in [0.3, 0.4) is 0 Å². The van der Waals surface area contributed by atoms with E-state index in [-0.39, 0.29) is 16.7 Å². The zero-order valence-corrected chi connectivity index (χ0v) is 26.7. The molecule has 1 spiro atoms. The van der Waals surface area contributed by atoms with Gasteiger partial charge in [0.15, 0.2) is 0 Å². The molecule has 0 radical (unpaired) electrons. The van der Waals surface area contributed by atoms with Crippen LogP contribution in [0.5, 0.6) is 0 Å². The molecule has 3 nitrogen and oxygen atoms in total. The molecule has 5 aromatic carbocycles. The Morgan fingerprint density at radius 1 is 0.630 bits per heavy atom. The lowest BCUT2D eigenvalue weighted by Gasteiger charge is -2.49. The van der Waals surface area contributed by atoms with E-state index < -0.39 is 5.41 Å². The van der Waals surface area contributed by atoms with E-state index in [1.54, 1.807) is 0 Å². The highest BCUT2D eigenvalue weighted by molar-refractivity contribution is 5.88. The summed E-state index contributed by atoms with van der Waals surface area (Å²) in [5, 5.41) is 0. The minimum atomic E-state index is -0.455. The van der Waals surface area contributed by atoms with Gasteiger partial charge in [-0.2, -0.15) is 0 Å². The predicted molar refractivity (Wildman–Crippen MR) is 189 cm³/mol. The molecule has 3 heteroatoms. The summed E-state index contributed by atoms with van der Waals surface area (Å²) in [4.78, 5) is 2.48. The van der Waals surface area contributed by atoms with Crippen molar-refractivity contribution in [2.45, 2.75) is 44.4 Å². The topological polar surface area (TPSA) is 55.3 Å². The number of hydrogen-bond donors (Lipinski definition) is 2. The lowest BCUT2D eigenvalue weighted by atomic mass is 9.54. The number of nitrogens with zero attached hydrogens (tertiary/aromatic N) is 1. The summed E-state index contributed by atoms with van der Waals surface area (Å²) < 4.78 is 0. The second kappa shape index (κ2) is 9.26. The van der Waals surface area contributed by atoms with Crippen molar-refractivity contribution in [3.63, 3.8) is 0 Å². The van der Waals surface area contributed by atoms with Gasteiger partial charge in [-0.25, -0.2) is 0 Å². The molecule has 0 fully saturated rings. The standard InChI is InChI=1S/C43H39N3/c1-41(2)35-16-8-10-18-38(35)46(39-19-11-9-17-36(39)41)29-20-21-32-27(24-29)22-23-42(3)26-28(44)25-37(45)40(42)43(32)33-14-6-4-12-30(33)31-13-5-7-15-34(31)43/h4-21,24-26,40H,22-23,44-45H2,1-3H3. The van der Waals surface area contributed by atoms with Gasteiger partial charge in [0.1, 0.15) is 0 Å². The van der Waals surface area contributed by atoms with E-state index in [1.165, 1.54) is 61.6 Å². The van der Waals surface area contributed by atoms with E-state index in [2.05, 4.69) is 147 Å². The molecule has 4 N–H and O–H groups in total. The van der Waals surface area contributed by atoms with E-state index in [9.17, 15) is 0 Å². The molecule has 2 unspecified atom stereocenters. The van der Waals surface area contributed by atoms with E-state index in [0.717, 1.165) is 24.2 Å². The van der Waals surface area contributed by atoms with Gasteiger partial charge in [-0.1, -0.05) is 118 Å². The van der Waals surface area contributed by atoms with Crippen molar-refractivity contribution in [3.8, 4) is 11.1 Å². The molecular formula is C43H39N3. The van der Waals surface area contributed by atoms with Crippen LogP contribution in [0, 0.1) is 11.3 Å². The van der Waals surface area contributed by atoms with Crippen molar-refractivity contribution >= 4 is 17.1 Å². The average molecular weight is 598 g/mol. The van der Waals surface area contributed by atoms with Crippen LogP contribution in [0.1, 0.15) is 60.6 Å². The van der Waals surface area contributed by atoms with Crippen molar-refractivity contribution in [1.29, 1.82) is 0 Å². The van der Waals surface area contributed by atoms with Crippen LogP contribution in [0.2, 0.25) is 0 Å². The SMILES string of the molecule is CC1(C)c2ccccc2N(c2ccc3c(c2)CCC2(C)C=C(N)C=C(N)C2C32c3ccccc3-c3ccccc32)c2ccccc21.